The molecule has 1 aromatic heterocycles. The summed E-state index contributed by atoms with van der Waals surface area (Å²) in [5, 5.41) is 8.63. The molecular weight excluding hydrogens is 302 g/mol. The first kappa shape index (κ1) is 15.9. The highest BCUT2D eigenvalue weighted by Gasteiger charge is 2.13. The second-order valence-corrected chi connectivity index (χ2v) is 5.24. The highest BCUT2D eigenvalue weighted by atomic mass is 16.5. The predicted molar refractivity (Wildman–Crippen MR) is 93.2 cm³/mol. The molecule has 0 unspecified atom stereocenters. The minimum absolute atomic E-state index is 0.720. The molecule has 0 aliphatic rings. The summed E-state index contributed by atoms with van der Waals surface area (Å²) in [6.07, 6.45) is 0.735. The first-order valence-corrected chi connectivity index (χ1v) is 7.77. The van der Waals surface area contributed by atoms with Gasteiger partial charge in [-0.05, 0) is 48.5 Å². The van der Waals surface area contributed by atoms with Gasteiger partial charge in [-0.15, -0.1) is 10.2 Å². The zero-order valence-electron chi connectivity index (χ0n) is 14.0. The van der Waals surface area contributed by atoms with Gasteiger partial charge in [-0.1, -0.05) is 6.92 Å². The third kappa shape index (κ3) is 3.20. The van der Waals surface area contributed by atoms with E-state index in [4.69, 9.17) is 14.5 Å². The van der Waals surface area contributed by atoms with Gasteiger partial charge in [0.25, 0.3) is 0 Å². The van der Waals surface area contributed by atoms with E-state index >= 15 is 0 Å². The molecule has 0 fully saturated rings. The summed E-state index contributed by atoms with van der Waals surface area (Å²) in [6, 6.07) is 15.5. The van der Waals surface area contributed by atoms with Crippen LogP contribution in [0, 0.1) is 0 Å². The van der Waals surface area contributed by atoms with Crippen molar-refractivity contribution in [3.63, 3.8) is 0 Å². The Balaban J connectivity index is 2.10. The molecule has 3 aromatic rings. The molecule has 5 nitrogen and oxygen atoms in total. The van der Waals surface area contributed by atoms with E-state index in [1.54, 1.807) is 14.2 Å². The molecule has 0 amide bonds. The van der Waals surface area contributed by atoms with Gasteiger partial charge in [0.15, 0.2) is 5.82 Å². The second-order valence-electron chi connectivity index (χ2n) is 5.24. The third-order valence-electron chi connectivity index (χ3n) is 3.77. The molecule has 0 saturated heterocycles. The van der Waals surface area contributed by atoms with Crippen molar-refractivity contribution in [2.75, 3.05) is 14.2 Å². The summed E-state index contributed by atoms with van der Waals surface area (Å²) in [7, 11) is 3.30. The van der Waals surface area contributed by atoms with E-state index < -0.39 is 0 Å². The van der Waals surface area contributed by atoms with Crippen molar-refractivity contribution < 1.29 is 9.47 Å². The molecule has 0 radical (unpaired) electrons. The lowest BCUT2D eigenvalue weighted by molar-refractivity contribution is 0.414. The van der Waals surface area contributed by atoms with Gasteiger partial charge in [0.1, 0.15) is 22.9 Å². The zero-order valence-corrected chi connectivity index (χ0v) is 14.0. The zero-order chi connectivity index (χ0) is 16.9. The molecule has 24 heavy (non-hydrogen) atoms. The Morgan fingerprint density at radius 3 is 1.67 bits per heavy atom. The first-order valence-electron chi connectivity index (χ1n) is 7.77. The van der Waals surface area contributed by atoms with E-state index in [1.165, 1.54) is 0 Å². The van der Waals surface area contributed by atoms with Gasteiger partial charge in [0.2, 0.25) is 0 Å². The number of ether oxygens (including phenoxy) is 2. The number of hydrogen-bond acceptors (Lipinski definition) is 5. The quantitative estimate of drug-likeness (QED) is 0.715. The maximum absolute atomic E-state index is 5.23. The third-order valence-corrected chi connectivity index (χ3v) is 3.77. The Kier molecular flexibility index (Phi) is 4.70. The van der Waals surface area contributed by atoms with Crippen LogP contribution in [0.15, 0.2) is 48.5 Å². The average molecular weight is 321 g/mol. The smallest absolute Gasteiger partial charge is 0.151 e. The Labute approximate surface area is 141 Å². The fraction of sp³-hybridized carbons (Fsp3) is 0.211. The van der Waals surface area contributed by atoms with Gasteiger partial charge in [-0.2, -0.15) is 0 Å². The van der Waals surface area contributed by atoms with Crippen LogP contribution in [0.4, 0.5) is 0 Å². The van der Waals surface area contributed by atoms with E-state index in [0.29, 0.717) is 0 Å². The summed E-state index contributed by atoms with van der Waals surface area (Å²) in [5.74, 6) is 2.33. The Morgan fingerprint density at radius 1 is 0.708 bits per heavy atom. The number of aryl methyl sites for hydroxylation is 1. The lowest BCUT2D eigenvalue weighted by Crippen LogP contribution is -2.02. The van der Waals surface area contributed by atoms with E-state index in [1.807, 2.05) is 55.5 Å². The molecule has 0 bridgehead atoms. The minimum atomic E-state index is 0.720. The molecule has 0 aliphatic heterocycles. The van der Waals surface area contributed by atoms with Gasteiger partial charge in [0.05, 0.1) is 14.2 Å². The van der Waals surface area contributed by atoms with Crippen LogP contribution in [0.5, 0.6) is 11.5 Å². The SMILES string of the molecule is CCc1nnc(-c2ccc(OC)cc2)c(-c2ccc(OC)cc2)n1. The molecule has 2 aromatic carbocycles. The van der Waals surface area contributed by atoms with E-state index in [0.717, 1.165) is 46.3 Å². The molecule has 5 heteroatoms. The van der Waals surface area contributed by atoms with Gasteiger partial charge >= 0.3 is 0 Å². The number of aromatic nitrogens is 3. The number of benzene rings is 2. The highest BCUT2D eigenvalue weighted by molar-refractivity contribution is 5.77. The largest absolute Gasteiger partial charge is 0.497 e. The van der Waals surface area contributed by atoms with Crippen molar-refractivity contribution in [3.8, 4) is 34.0 Å². The first-order chi connectivity index (χ1) is 11.7. The molecule has 0 spiro atoms. The predicted octanol–water partition coefficient (Wildman–Crippen LogP) is 3.79. The van der Waals surface area contributed by atoms with Crippen LogP contribution in [0.1, 0.15) is 12.7 Å². The monoisotopic (exact) mass is 321 g/mol. The summed E-state index contributed by atoms with van der Waals surface area (Å²) in [5.41, 5.74) is 3.49. The average Bonchev–Trinajstić information content (AvgIpc) is 2.67. The van der Waals surface area contributed by atoms with Gasteiger partial charge in [-0.3, -0.25) is 0 Å². The van der Waals surface area contributed by atoms with Crippen LogP contribution in [0.25, 0.3) is 22.5 Å². The van der Waals surface area contributed by atoms with Crippen LogP contribution in [0.3, 0.4) is 0 Å². The number of rotatable bonds is 5. The molecule has 0 atom stereocenters. The molecule has 1 heterocycles. The molecular formula is C19H19N3O2. The number of nitrogens with zero attached hydrogens (tertiary/aromatic N) is 3. The van der Waals surface area contributed by atoms with Crippen molar-refractivity contribution in [2.45, 2.75) is 13.3 Å². The summed E-state index contributed by atoms with van der Waals surface area (Å²) < 4.78 is 10.4. The van der Waals surface area contributed by atoms with Crippen molar-refractivity contribution >= 4 is 0 Å². The molecule has 0 saturated carbocycles. The van der Waals surface area contributed by atoms with Gasteiger partial charge in [0, 0.05) is 17.5 Å². The Hall–Kier alpha value is -2.95. The van der Waals surface area contributed by atoms with E-state index in [2.05, 4.69) is 10.2 Å². The normalized spacial score (nSPS) is 10.5. The fourth-order valence-electron chi connectivity index (χ4n) is 2.40. The summed E-state index contributed by atoms with van der Waals surface area (Å²) >= 11 is 0. The van der Waals surface area contributed by atoms with Crippen molar-refractivity contribution in [1.82, 2.24) is 15.2 Å². The summed E-state index contributed by atoms with van der Waals surface area (Å²) in [6.45, 7) is 2.02. The standard InChI is InChI=1S/C19H19N3O2/c1-4-17-20-18(13-5-9-15(23-2)10-6-13)19(22-21-17)14-7-11-16(24-3)12-8-14/h5-12H,4H2,1-3H3. The Morgan fingerprint density at radius 2 is 1.21 bits per heavy atom. The Bertz CT molecular complexity index is 815. The minimum Gasteiger partial charge on any atom is -0.497 e. The van der Waals surface area contributed by atoms with Crippen LogP contribution >= 0.6 is 0 Å². The van der Waals surface area contributed by atoms with Crippen LogP contribution in [-0.2, 0) is 6.42 Å². The summed E-state index contributed by atoms with van der Waals surface area (Å²) in [4.78, 5) is 4.69. The van der Waals surface area contributed by atoms with E-state index in [-0.39, 0.29) is 0 Å². The molecule has 0 aliphatic carbocycles. The van der Waals surface area contributed by atoms with Crippen molar-refractivity contribution in [1.29, 1.82) is 0 Å². The number of hydrogen-bond donors (Lipinski definition) is 0. The molecule has 3 rings (SSSR count). The van der Waals surface area contributed by atoms with Crippen LogP contribution in [0.2, 0.25) is 0 Å². The van der Waals surface area contributed by atoms with Crippen molar-refractivity contribution in [3.05, 3.63) is 54.4 Å². The lowest BCUT2D eigenvalue weighted by Gasteiger charge is -2.10. The fourth-order valence-corrected chi connectivity index (χ4v) is 2.40. The van der Waals surface area contributed by atoms with Gasteiger partial charge < -0.3 is 9.47 Å². The van der Waals surface area contributed by atoms with Gasteiger partial charge in [-0.25, -0.2) is 4.98 Å². The topological polar surface area (TPSA) is 57.1 Å². The molecule has 0 N–H and O–H groups in total. The van der Waals surface area contributed by atoms with Crippen LogP contribution < -0.4 is 9.47 Å². The van der Waals surface area contributed by atoms with Crippen LogP contribution in [-0.4, -0.2) is 29.4 Å². The maximum atomic E-state index is 5.23. The van der Waals surface area contributed by atoms with E-state index in [9.17, 15) is 0 Å². The highest BCUT2D eigenvalue weighted by Crippen LogP contribution is 2.30. The maximum Gasteiger partial charge on any atom is 0.151 e. The molecule has 122 valence electrons. The second kappa shape index (κ2) is 7.08. The number of methoxy groups -OCH3 is 2. The van der Waals surface area contributed by atoms with Crippen molar-refractivity contribution in [2.24, 2.45) is 0 Å². The lowest BCUT2D eigenvalue weighted by atomic mass is 10.0.